The minimum absolute atomic E-state index is 0.169. The molecule has 0 radical (unpaired) electrons. The van der Waals surface area contributed by atoms with Gasteiger partial charge in [0.05, 0.1) is 17.3 Å². The van der Waals surface area contributed by atoms with Gasteiger partial charge in [0.15, 0.2) is 11.5 Å². The lowest BCUT2D eigenvalue weighted by molar-refractivity contribution is -0.123. The maximum absolute atomic E-state index is 12.8. The standard InChI is InChI=1S/C28H28BrCl2N3O4/c1-4-37-24-14-19(13-23(29)26(24)38-16-18-5-9-21(30)10-6-18)15-32-34-28(36)25(17(2)3)33-27(35)20-7-11-22(31)12-8-20/h5-15,17,25H,4,16H2,1-3H3,(H,33,35)(H,34,36)/b32-15+. The van der Waals surface area contributed by atoms with Crippen molar-refractivity contribution in [2.45, 2.75) is 33.4 Å². The smallest absolute Gasteiger partial charge is 0.262 e. The topological polar surface area (TPSA) is 89.0 Å². The zero-order chi connectivity index (χ0) is 27.7. The van der Waals surface area contributed by atoms with Gasteiger partial charge in [-0.05, 0) is 88.4 Å². The summed E-state index contributed by atoms with van der Waals surface area (Å²) in [6, 6.07) is 16.6. The van der Waals surface area contributed by atoms with E-state index in [9.17, 15) is 9.59 Å². The van der Waals surface area contributed by atoms with E-state index in [0.717, 1.165) is 5.56 Å². The molecule has 0 saturated carbocycles. The van der Waals surface area contributed by atoms with E-state index in [1.54, 1.807) is 48.5 Å². The van der Waals surface area contributed by atoms with E-state index in [1.807, 2.05) is 32.9 Å². The number of benzene rings is 3. The fourth-order valence-corrected chi connectivity index (χ4v) is 4.23. The fourth-order valence-electron chi connectivity index (χ4n) is 3.40. The largest absolute Gasteiger partial charge is 0.490 e. The molecule has 7 nitrogen and oxygen atoms in total. The minimum Gasteiger partial charge on any atom is -0.490 e. The first-order chi connectivity index (χ1) is 18.2. The van der Waals surface area contributed by atoms with Crippen LogP contribution in [0.3, 0.4) is 0 Å². The summed E-state index contributed by atoms with van der Waals surface area (Å²) in [5.74, 6) is 0.0912. The van der Waals surface area contributed by atoms with E-state index in [1.165, 1.54) is 6.21 Å². The second kappa shape index (κ2) is 14.2. The van der Waals surface area contributed by atoms with Gasteiger partial charge in [0.1, 0.15) is 12.6 Å². The lowest BCUT2D eigenvalue weighted by atomic mass is 10.0. The number of nitrogens with one attached hydrogen (secondary N) is 2. The predicted molar refractivity (Wildman–Crippen MR) is 154 cm³/mol. The SMILES string of the molecule is CCOc1cc(/C=N/NC(=O)C(NC(=O)c2ccc(Cl)cc2)C(C)C)cc(Br)c1OCc1ccc(Cl)cc1. The second-order valence-corrected chi connectivity index (χ2v) is 10.3. The van der Waals surface area contributed by atoms with Gasteiger partial charge in [0.25, 0.3) is 11.8 Å². The van der Waals surface area contributed by atoms with Crippen molar-refractivity contribution in [1.29, 1.82) is 0 Å². The first-order valence-electron chi connectivity index (χ1n) is 11.9. The van der Waals surface area contributed by atoms with E-state index in [0.29, 0.717) is 50.4 Å². The van der Waals surface area contributed by atoms with E-state index in [-0.39, 0.29) is 11.8 Å². The quantitative estimate of drug-likeness (QED) is 0.186. The van der Waals surface area contributed by atoms with Crippen molar-refractivity contribution < 1.29 is 19.1 Å². The van der Waals surface area contributed by atoms with Gasteiger partial charge in [-0.2, -0.15) is 5.10 Å². The third-order valence-corrected chi connectivity index (χ3v) is 6.45. The Balaban J connectivity index is 1.67. The van der Waals surface area contributed by atoms with Crippen LogP contribution in [0.25, 0.3) is 0 Å². The molecule has 3 rings (SSSR count). The van der Waals surface area contributed by atoms with Crippen LogP contribution < -0.4 is 20.2 Å². The molecule has 1 unspecified atom stereocenters. The highest BCUT2D eigenvalue weighted by Crippen LogP contribution is 2.37. The molecule has 10 heteroatoms. The number of carbonyl (C=O) groups is 2. The van der Waals surface area contributed by atoms with Crippen LogP contribution in [0.15, 0.2) is 70.2 Å². The zero-order valence-electron chi connectivity index (χ0n) is 21.1. The summed E-state index contributed by atoms with van der Waals surface area (Å²) in [4.78, 5) is 25.4. The van der Waals surface area contributed by atoms with Crippen molar-refractivity contribution in [3.05, 3.63) is 91.9 Å². The number of amides is 2. The van der Waals surface area contributed by atoms with E-state index >= 15 is 0 Å². The molecule has 2 amide bonds. The van der Waals surface area contributed by atoms with Crippen LogP contribution in [0.1, 0.15) is 42.3 Å². The molecule has 0 fully saturated rings. The summed E-state index contributed by atoms with van der Waals surface area (Å²) in [7, 11) is 0. The van der Waals surface area contributed by atoms with E-state index < -0.39 is 11.9 Å². The van der Waals surface area contributed by atoms with Crippen LogP contribution in [0, 0.1) is 5.92 Å². The first kappa shape index (κ1) is 29.5. The maximum atomic E-state index is 12.8. The molecule has 0 aromatic heterocycles. The highest BCUT2D eigenvalue weighted by molar-refractivity contribution is 9.10. The average molecular weight is 621 g/mol. The van der Waals surface area contributed by atoms with E-state index in [2.05, 4.69) is 31.8 Å². The Morgan fingerprint density at radius 2 is 1.63 bits per heavy atom. The fraction of sp³-hybridized carbons (Fsp3) is 0.250. The summed E-state index contributed by atoms with van der Waals surface area (Å²) in [5, 5.41) is 8.02. The summed E-state index contributed by atoms with van der Waals surface area (Å²) in [6.07, 6.45) is 1.49. The number of hydrogen-bond donors (Lipinski definition) is 2. The van der Waals surface area contributed by atoms with Gasteiger partial charge in [-0.3, -0.25) is 9.59 Å². The minimum atomic E-state index is -0.787. The Hall–Kier alpha value is -3.07. The predicted octanol–water partition coefficient (Wildman–Crippen LogP) is 6.64. The van der Waals surface area contributed by atoms with E-state index in [4.69, 9.17) is 32.7 Å². The number of halogens is 3. The first-order valence-corrected chi connectivity index (χ1v) is 13.5. The summed E-state index contributed by atoms with van der Waals surface area (Å²) in [6.45, 7) is 6.32. The van der Waals surface area contributed by atoms with Gasteiger partial charge < -0.3 is 14.8 Å². The Morgan fingerprint density at radius 3 is 2.24 bits per heavy atom. The van der Waals surface area contributed by atoms with Crippen molar-refractivity contribution in [1.82, 2.24) is 10.7 Å². The molecule has 0 bridgehead atoms. The number of ether oxygens (including phenoxy) is 2. The molecule has 0 heterocycles. The van der Waals surface area contributed by atoms with Crippen LogP contribution >= 0.6 is 39.1 Å². The summed E-state index contributed by atoms with van der Waals surface area (Å²) < 4.78 is 12.4. The van der Waals surface area contributed by atoms with Gasteiger partial charge in [0, 0.05) is 15.6 Å². The molecule has 0 aliphatic rings. The lowest BCUT2D eigenvalue weighted by Crippen LogP contribution is -2.48. The number of hydrogen-bond acceptors (Lipinski definition) is 5. The Bertz CT molecular complexity index is 1280. The van der Waals surface area contributed by atoms with Gasteiger partial charge in [-0.15, -0.1) is 0 Å². The highest BCUT2D eigenvalue weighted by Gasteiger charge is 2.24. The molecular formula is C28H28BrCl2N3O4. The lowest BCUT2D eigenvalue weighted by Gasteiger charge is -2.20. The molecule has 0 aliphatic carbocycles. The molecule has 1 atom stereocenters. The normalized spacial score (nSPS) is 11.9. The highest BCUT2D eigenvalue weighted by atomic mass is 79.9. The van der Waals surface area contributed by atoms with Crippen molar-refractivity contribution in [3.63, 3.8) is 0 Å². The van der Waals surface area contributed by atoms with Crippen molar-refractivity contribution >= 4 is 57.2 Å². The Labute approximate surface area is 240 Å². The molecule has 0 aliphatic heterocycles. The summed E-state index contributed by atoms with van der Waals surface area (Å²) in [5.41, 5.74) is 4.55. The molecule has 0 spiro atoms. The number of nitrogens with zero attached hydrogens (tertiary/aromatic N) is 1. The molecule has 3 aromatic carbocycles. The van der Waals surface area contributed by atoms with Crippen LogP contribution in [0.5, 0.6) is 11.5 Å². The Morgan fingerprint density at radius 1 is 1.00 bits per heavy atom. The second-order valence-electron chi connectivity index (χ2n) is 8.61. The molecular weight excluding hydrogens is 593 g/mol. The van der Waals surface area contributed by atoms with Crippen molar-refractivity contribution in [3.8, 4) is 11.5 Å². The van der Waals surface area contributed by atoms with Gasteiger partial charge in [-0.25, -0.2) is 5.43 Å². The number of rotatable bonds is 11. The number of carbonyl (C=O) groups excluding carboxylic acids is 2. The molecule has 200 valence electrons. The Kier molecular flexibility index (Phi) is 11.0. The monoisotopic (exact) mass is 619 g/mol. The number of hydrazone groups is 1. The van der Waals surface area contributed by atoms with Crippen LogP contribution in [0.4, 0.5) is 0 Å². The molecule has 0 saturated heterocycles. The third-order valence-electron chi connectivity index (χ3n) is 5.36. The summed E-state index contributed by atoms with van der Waals surface area (Å²) >= 11 is 15.4. The van der Waals surface area contributed by atoms with Crippen molar-refractivity contribution in [2.24, 2.45) is 11.0 Å². The molecule has 3 aromatic rings. The molecule has 2 N–H and O–H groups in total. The van der Waals surface area contributed by atoms with Crippen LogP contribution in [-0.2, 0) is 11.4 Å². The van der Waals surface area contributed by atoms with Crippen LogP contribution in [-0.4, -0.2) is 30.7 Å². The van der Waals surface area contributed by atoms with Crippen LogP contribution in [0.2, 0.25) is 10.0 Å². The molecule has 38 heavy (non-hydrogen) atoms. The zero-order valence-corrected chi connectivity index (χ0v) is 24.2. The average Bonchev–Trinajstić information content (AvgIpc) is 2.88. The van der Waals surface area contributed by atoms with Gasteiger partial charge in [-0.1, -0.05) is 49.2 Å². The maximum Gasteiger partial charge on any atom is 0.262 e. The third kappa shape index (κ3) is 8.48. The van der Waals surface area contributed by atoms with Crippen molar-refractivity contribution in [2.75, 3.05) is 6.61 Å². The van der Waals surface area contributed by atoms with Gasteiger partial charge in [0.2, 0.25) is 0 Å². The van der Waals surface area contributed by atoms with Gasteiger partial charge >= 0.3 is 0 Å².